The highest BCUT2D eigenvalue weighted by Crippen LogP contribution is 2.18. The van der Waals surface area contributed by atoms with E-state index in [1.807, 2.05) is 31.2 Å². The Morgan fingerprint density at radius 3 is 2.43 bits per heavy atom. The number of aromatic nitrogens is 2. The van der Waals surface area contributed by atoms with E-state index in [9.17, 15) is 0 Å². The van der Waals surface area contributed by atoms with Crippen molar-refractivity contribution in [1.82, 2.24) is 20.4 Å². The van der Waals surface area contributed by atoms with Gasteiger partial charge in [0.1, 0.15) is 5.75 Å². The van der Waals surface area contributed by atoms with Gasteiger partial charge in [-0.25, -0.2) is 0 Å². The first-order chi connectivity index (χ1) is 14.6. The van der Waals surface area contributed by atoms with Gasteiger partial charge in [0.2, 0.25) is 0 Å². The van der Waals surface area contributed by atoms with E-state index in [0.717, 1.165) is 29.5 Å². The third-order valence-electron chi connectivity index (χ3n) is 5.08. The molecule has 3 rings (SSSR count). The molecule has 0 spiro atoms. The minimum atomic E-state index is 0.640. The molecular formula is C24H31N5O. The van der Waals surface area contributed by atoms with Crippen LogP contribution in [0.5, 0.6) is 5.75 Å². The molecule has 6 nitrogen and oxygen atoms in total. The van der Waals surface area contributed by atoms with Crippen LogP contribution in [0.4, 0.5) is 0 Å². The fraction of sp³-hybridized carbons (Fsp3) is 0.333. The number of ether oxygens (including phenoxy) is 1. The van der Waals surface area contributed by atoms with E-state index in [4.69, 9.17) is 9.84 Å². The first-order valence-corrected chi connectivity index (χ1v) is 10.3. The molecule has 0 bridgehead atoms. The summed E-state index contributed by atoms with van der Waals surface area (Å²) < 4.78 is 7.77. The fourth-order valence-electron chi connectivity index (χ4n) is 3.42. The zero-order chi connectivity index (χ0) is 21.3. The predicted molar refractivity (Wildman–Crippen MR) is 122 cm³/mol. The van der Waals surface area contributed by atoms with Gasteiger partial charge in [-0.1, -0.05) is 48.5 Å². The number of nitrogens with zero attached hydrogens (tertiary/aromatic N) is 3. The van der Waals surface area contributed by atoms with Gasteiger partial charge in [0, 0.05) is 37.0 Å². The molecule has 0 saturated carbocycles. The van der Waals surface area contributed by atoms with E-state index in [1.165, 1.54) is 16.8 Å². The highest BCUT2D eigenvalue weighted by atomic mass is 16.5. The van der Waals surface area contributed by atoms with Crippen molar-refractivity contribution in [1.29, 1.82) is 0 Å². The molecule has 1 heterocycles. The quantitative estimate of drug-likeness (QED) is 0.442. The lowest BCUT2D eigenvalue weighted by molar-refractivity contribution is 0.336. The van der Waals surface area contributed by atoms with Crippen LogP contribution in [0.3, 0.4) is 0 Å². The summed E-state index contributed by atoms with van der Waals surface area (Å²) >= 11 is 0. The second-order valence-corrected chi connectivity index (χ2v) is 7.11. The molecule has 0 fully saturated rings. The molecule has 6 heteroatoms. The standard InChI is InChI=1S/C24H31N5O/c1-5-30-23-14-10-9-13-21(23)15-26-24(25-4)27-16-22-18(2)28-29(19(22)3)17-20-11-7-6-8-12-20/h6-14H,5,15-17H2,1-4H3,(H2,25,26,27). The van der Waals surface area contributed by atoms with Gasteiger partial charge >= 0.3 is 0 Å². The second kappa shape index (κ2) is 10.5. The summed E-state index contributed by atoms with van der Waals surface area (Å²) in [5, 5.41) is 11.5. The van der Waals surface area contributed by atoms with Crippen molar-refractivity contribution in [3.8, 4) is 5.75 Å². The molecule has 2 aromatic carbocycles. The molecule has 0 aliphatic carbocycles. The van der Waals surface area contributed by atoms with Crippen LogP contribution in [0.15, 0.2) is 59.6 Å². The highest BCUT2D eigenvalue weighted by Gasteiger charge is 2.12. The van der Waals surface area contributed by atoms with Gasteiger partial charge in [-0.2, -0.15) is 5.10 Å². The first-order valence-electron chi connectivity index (χ1n) is 10.3. The van der Waals surface area contributed by atoms with Gasteiger partial charge in [0.15, 0.2) is 5.96 Å². The van der Waals surface area contributed by atoms with E-state index in [0.29, 0.717) is 19.7 Å². The van der Waals surface area contributed by atoms with E-state index >= 15 is 0 Å². The number of benzene rings is 2. The van der Waals surface area contributed by atoms with Gasteiger partial charge < -0.3 is 15.4 Å². The van der Waals surface area contributed by atoms with Gasteiger partial charge in [-0.15, -0.1) is 0 Å². The molecule has 0 aliphatic heterocycles. The number of rotatable bonds is 8. The maximum atomic E-state index is 5.70. The lowest BCUT2D eigenvalue weighted by atomic mass is 10.2. The summed E-state index contributed by atoms with van der Waals surface area (Å²) in [7, 11) is 1.78. The predicted octanol–water partition coefficient (Wildman–Crippen LogP) is 3.81. The molecule has 0 amide bonds. The minimum absolute atomic E-state index is 0.640. The highest BCUT2D eigenvalue weighted by molar-refractivity contribution is 5.79. The summed E-state index contributed by atoms with van der Waals surface area (Å²) in [5.41, 5.74) is 5.75. The molecule has 0 saturated heterocycles. The second-order valence-electron chi connectivity index (χ2n) is 7.11. The monoisotopic (exact) mass is 405 g/mol. The van der Waals surface area contributed by atoms with E-state index < -0.39 is 0 Å². The van der Waals surface area contributed by atoms with Crippen LogP contribution in [0.25, 0.3) is 0 Å². The van der Waals surface area contributed by atoms with Crippen molar-refractivity contribution in [3.63, 3.8) is 0 Å². The normalized spacial score (nSPS) is 11.4. The summed E-state index contributed by atoms with van der Waals surface area (Å²) in [6.07, 6.45) is 0. The van der Waals surface area contributed by atoms with Crippen LogP contribution < -0.4 is 15.4 Å². The lowest BCUT2D eigenvalue weighted by Gasteiger charge is -2.14. The van der Waals surface area contributed by atoms with Crippen molar-refractivity contribution in [2.75, 3.05) is 13.7 Å². The Morgan fingerprint density at radius 2 is 1.70 bits per heavy atom. The van der Waals surface area contributed by atoms with Gasteiger partial charge in [-0.05, 0) is 32.4 Å². The molecule has 158 valence electrons. The molecule has 0 atom stereocenters. The third kappa shape index (κ3) is 5.41. The van der Waals surface area contributed by atoms with Crippen molar-refractivity contribution in [3.05, 3.63) is 82.7 Å². The Hall–Kier alpha value is -3.28. The first kappa shape index (κ1) is 21.4. The Kier molecular flexibility index (Phi) is 7.49. The van der Waals surface area contributed by atoms with Crippen LogP contribution >= 0.6 is 0 Å². The van der Waals surface area contributed by atoms with Crippen molar-refractivity contribution in [2.24, 2.45) is 4.99 Å². The summed E-state index contributed by atoms with van der Waals surface area (Å²) in [5.74, 6) is 1.65. The Labute approximate surface area is 179 Å². The van der Waals surface area contributed by atoms with E-state index in [1.54, 1.807) is 7.05 Å². The largest absolute Gasteiger partial charge is 0.494 e. The third-order valence-corrected chi connectivity index (χ3v) is 5.08. The average Bonchev–Trinajstić information content (AvgIpc) is 3.03. The van der Waals surface area contributed by atoms with Crippen LogP contribution in [-0.2, 0) is 19.6 Å². The number of para-hydroxylation sites is 1. The van der Waals surface area contributed by atoms with Gasteiger partial charge in [0.25, 0.3) is 0 Å². The number of guanidine groups is 1. The van der Waals surface area contributed by atoms with E-state index in [-0.39, 0.29) is 0 Å². The molecule has 0 aliphatic rings. The molecule has 2 N–H and O–H groups in total. The Balaban J connectivity index is 1.61. The number of aryl methyl sites for hydroxylation is 1. The number of aliphatic imine (C=N–C) groups is 1. The van der Waals surface area contributed by atoms with Gasteiger partial charge in [0.05, 0.1) is 18.8 Å². The molecule has 3 aromatic rings. The van der Waals surface area contributed by atoms with Crippen molar-refractivity contribution >= 4 is 5.96 Å². The van der Waals surface area contributed by atoms with Crippen LogP contribution in [-0.4, -0.2) is 29.4 Å². The average molecular weight is 406 g/mol. The molecule has 0 unspecified atom stereocenters. The van der Waals surface area contributed by atoms with Crippen LogP contribution in [0, 0.1) is 13.8 Å². The van der Waals surface area contributed by atoms with Crippen molar-refractivity contribution in [2.45, 2.75) is 40.4 Å². The number of hydrogen-bond donors (Lipinski definition) is 2. The Bertz CT molecular complexity index is 979. The summed E-state index contributed by atoms with van der Waals surface area (Å²) in [6, 6.07) is 18.5. The van der Waals surface area contributed by atoms with Crippen LogP contribution in [0.1, 0.15) is 35.0 Å². The smallest absolute Gasteiger partial charge is 0.191 e. The van der Waals surface area contributed by atoms with E-state index in [2.05, 4.69) is 64.5 Å². The lowest BCUT2D eigenvalue weighted by Crippen LogP contribution is -2.36. The molecular weight excluding hydrogens is 374 g/mol. The molecule has 0 radical (unpaired) electrons. The fourth-order valence-corrected chi connectivity index (χ4v) is 3.42. The van der Waals surface area contributed by atoms with Gasteiger partial charge in [-0.3, -0.25) is 9.67 Å². The maximum Gasteiger partial charge on any atom is 0.191 e. The molecule has 1 aromatic heterocycles. The summed E-state index contributed by atoms with van der Waals surface area (Å²) in [6.45, 7) is 8.90. The SMILES string of the molecule is CCOc1ccccc1CNC(=NC)NCc1c(C)nn(Cc2ccccc2)c1C. The summed E-state index contributed by atoms with van der Waals surface area (Å²) in [4.78, 5) is 4.35. The topological polar surface area (TPSA) is 63.5 Å². The minimum Gasteiger partial charge on any atom is -0.494 e. The zero-order valence-corrected chi connectivity index (χ0v) is 18.3. The number of nitrogens with one attached hydrogen (secondary N) is 2. The number of hydrogen-bond acceptors (Lipinski definition) is 3. The molecule has 30 heavy (non-hydrogen) atoms. The zero-order valence-electron chi connectivity index (χ0n) is 18.3. The van der Waals surface area contributed by atoms with Crippen molar-refractivity contribution < 1.29 is 4.74 Å². The maximum absolute atomic E-state index is 5.70. The van der Waals surface area contributed by atoms with Crippen LogP contribution in [0.2, 0.25) is 0 Å². The Morgan fingerprint density at radius 1 is 1.00 bits per heavy atom.